The Labute approximate surface area is 183 Å². The van der Waals surface area contributed by atoms with Crippen LogP contribution in [0.1, 0.15) is 39.4 Å². The minimum atomic E-state index is -0.958. The lowest BCUT2D eigenvalue weighted by Crippen LogP contribution is -2.33. The monoisotopic (exact) mass is 436 g/mol. The predicted molar refractivity (Wildman–Crippen MR) is 119 cm³/mol. The van der Waals surface area contributed by atoms with Crippen molar-refractivity contribution in [3.05, 3.63) is 68.9 Å². The van der Waals surface area contributed by atoms with Crippen LogP contribution in [-0.2, 0) is 19.1 Å². The normalized spacial score (nSPS) is 14.8. The van der Waals surface area contributed by atoms with Crippen LogP contribution in [0.5, 0.6) is 0 Å². The number of para-hydroxylation sites is 1. The van der Waals surface area contributed by atoms with E-state index in [2.05, 4.69) is 10.3 Å². The van der Waals surface area contributed by atoms with Gasteiger partial charge in [-0.25, -0.2) is 9.59 Å². The fourth-order valence-corrected chi connectivity index (χ4v) is 4.12. The molecule has 0 atom stereocenters. The van der Waals surface area contributed by atoms with Crippen LogP contribution in [0.4, 0.5) is 0 Å². The molecule has 1 aromatic carbocycles. The first-order valence-electron chi connectivity index (χ1n) is 10.4. The molecule has 0 unspecified atom stereocenters. The Morgan fingerprint density at radius 3 is 2.19 bits per heavy atom. The molecule has 4 rings (SSSR count). The number of allylic oxidation sites excluding steroid dienone is 2. The first kappa shape index (κ1) is 21.4. The molecule has 32 heavy (non-hydrogen) atoms. The van der Waals surface area contributed by atoms with E-state index in [0.29, 0.717) is 22.5 Å². The van der Waals surface area contributed by atoms with Gasteiger partial charge in [0.15, 0.2) is 5.58 Å². The molecule has 0 spiro atoms. The minimum Gasteiger partial charge on any atom is -0.463 e. The number of carbonyl (C=O) groups is 2. The van der Waals surface area contributed by atoms with Gasteiger partial charge in [0, 0.05) is 28.4 Å². The summed E-state index contributed by atoms with van der Waals surface area (Å²) < 4.78 is 16.7. The number of esters is 2. The highest BCUT2D eigenvalue weighted by molar-refractivity contribution is 6.04. The first-order chi connectivity index (χ1) is 15.4. The van der Waals surface area contributed by atoms with Crippen molar-refractivity contribution in [3.8, 4) is 0 Å². The predicted octanol–water partition coefficient (Wildman–Crippen LogP) is 3.64. The first-order valence-corrected chi connectivity index (χ1v) is 10.4. The van der Waals surface area contributed by atoms with E-state index >= 15 is 0 Å². The number of hydrogen-bond acceptors (Lipinski definition) is 7. The van der Waals surface area contributed by atoms with Gasteiger partial charge in [0.05, 0.1) is 30.3 Å². The SMILES string of the molecule is CCOC(=O)C1=C(C)NC(C)=C(C(=O)OCC)C1c1cc(=O)c2[nH]c3ccccc3c2o1. The van der Waals surface area contributed by atoms with Crippen LogP contribution in [0.2, 0.25) is 0 Å². The smallest absolute Gasteiger partial charge is 0.336 e. The molecule has 2 aromatic heterocycles. The van der Waals surface area contributed by atoms with Crippen molar-refractivity contribution in [3.63, 3.8) is 0 Å². The third-order valence-electron chi connectivity index (χ3n) is 5.43. The van der Waals surface area contributed by atoms with Gasteiger partial charge in [-0.3, -0.25) is 4.79 Å². The highest BCUT2D eigenvalue weighted by Gasteiger charge is 2.40. The average molecular weight is 436 g/mol. The number of rotatable bonds is 5. The third-order valence-corrected chi connectivity index (χ3v) is 5.43. The Kier molecular flexibility index (Phi) is 5.61. The summed E-state index contributed by atoms with van der Waals surface area (Å²) in [7, 11) is 0. The topological polar surface area (TPSA) is 111 Å². The van der Waals surface area contributed by atoms with Crippen molar-refractivity contribution < 1.29 is 23.5 Å². The van der Waals surface area contributed by atoms with Gasteiger partial charge in [0.2, 0.25) is 5.43 Å². The summed E-state index contributed by atoms with van der Waals surface area (Å²) in [6.07, 6.45) is 0. The molecular weight excluding hydrogens is 412 g/mol. The number of carbonyl (C=O) groups excluding carboxylic acids is 2. The number of ether oxygens (including phenoxy) is 2. The van der Waals surface area contributed by atoms with Crippen molar-refractivity contribution in [1.82, 2.24) is 10.3 Å². The molecule has 1 aliphatic rings. The van der Waals surface area contributed by atoms with Crippen LogP contribution in [-0.4, -0.2) is 30.1 Å². The number of aromatic nitrogens is 1. The van der Waals surface area contributed by atoms with E-state index in [1.54, 1.807) is 27.7 Å². The maximum atomic E-state index is 13.0. The van der Waals surface area contributed by atoms with Gasteiger partial charge in [-0.1, -0.05) is 12.1 Å². The lowest BCUT2D eigenvalue weighted by molar-refractivity contribution is -0.139. The summed E-state index contributed by atoms with van der Waals surface area (Å²) in [5, 5.41) is 3.79. The van der Waals surface area contributed by atoms with Crippen molar-refractivity contribution in [2.24, 2.45) is 0 Å². The summed E-state index contributed by atoms with van der Waals surface area (Å²) in [6.45, 7) is 7.14. The standard InChI is InChI=1S/C24H24N2O6/c1-5-30-23(28)18-12(3)25-13(4)19(24(29)31-6-2)20(18)17-11-16(27)21-22(32-17)14-9-7-8-10-15(14)26-21/h7-11,20,25-26H,5-6H2,1-4H3. The van der Waals surface area contributed by atoms with Crippen LogP contribution in [0.3, 0.4) is 0 Å². The molecule has 1 aliphatic heterocycles. The molecule has 8 nitrogen and oxygen atoms in total. The molecule has 0 saturated heterocycles. The van der Waals surface area contributed by atoms with Crippen LogP contribution < -0.4 is 10.7 Å². The summed E-state index contributed by atoms with van der Waals surface area (Å²) in [5.74, 6) is -1.99. The molecule has 0 saturated carbocycles. The fourth-order valence-electron chi connectivity index (χ4n) is 4.12. The largest absolute Gasteiger partial charge is 0.463 e. The quantitative estimate of drug-likeness (QED) is 0.588. The van der Waals surface area contributed by atoms with Crippen molar-refractivity contribution >= 4 is 33.9 Å². The second-order valence-electron chi connectivity index (χ2n) is 7.46. The number of hydrogen-bond donors (Lipinski definition) is 2. The highest BCUT2D eigenvalue weighted by Crippen LogP contribution is 2.40. The Hall–Kier alpha value is -3.81. The van der Waals surface area contributed by atoms with Gasteiger partial charge in [0.25, 0.3) is 0 Å². The lowest BCUT2D eigenvalue weighted by atomic mass is 9.83. The van der Waals surface area contributed by atoms with Gasteiger partial charge in [-0.05, 0) is 39.8 Å². The van der Waals surface area contributed by atoms with Crippen molar-refractivity contribution in [1.29, 1.82) is 0 Å². The Balaban J connectivity index is 2.00. The average Bonchev–Trinajstić information content (AvgIpc) is 3.13. The van der Waals surface area contributed by atoms with Gasteiger partial charge in [-0.15, -0.1) is 0 Å². The van der Waals surface area contributed by atoms with E-state index in [1.165, 1.54) is 6.07 Å². The van der Waals surface area contributed by atoms with Crippen LogP contribution >= 0.6 is 0 Å². The maximum Gasteiger partial charge on any atom is 0.336 e. The van der Waals surface area contributed by atoms with Gasteiger partial charge < -0.3 is 24.2 Å². The summed E-state index contributed by atoms with van der Waals surface area (Å²) in [5.41, 5.74) is 2.55. The number of benzene rings is 1. The molecule has 8 heteroatoms. The van der Waals surface area contributed by atoms with E-state index in [-0.39, 0.29) is 35.5 Å². The van der Waals surface area contributed by atoms with E-state index in [1.807, 2.05) is 24.3 Å². The molecule has 0 fully saturated rings. The van der Waals surface area contributed by atoms with Crippen LogP contribution in [0, 0.1) is 0 Å². The van der Waals surface area contributed by atoms with Crippen molar-refractivity contribution in [2.45, 2.75) is 33.6 Å². The number of nitrogens with one attached hydrogen (secondary N) is 2. The Morgan fingerprint density at radius 2 is 1.59 bits per heavy atom. The van der Waals surface area contributed by atoms with Gasteiger partial charge >= 0.3 is 11.9 Å². The second kappa shape index (κ2) is 8.37. The molecule has 3 aromatic rings. The van der Waals surface area contributed by atoms with E-state index < -0.39 is 17.9 Å². The second-order valence-corrected chi connectivity index (χ2v) is 7.46. The number of H-pyrrole nitrogens is 1. The third kappa shape index (κ3) is 3.47. The van der Waals surface area contributed by atoms with E-state index in [0.717, 1.165) is 10.9 Å². The summed E-state index contributed by atoms with van der Waals surface area (Å²) in [4.78, 5) is 41.9. The van der Waals surface area contributed by atoms with Gasteiger partial charge in [0.1, 0.15) is 11.3 Å². The zero-order chi connectivity index (χ0) is 23.0. The zero-order valence-electron chi connectivity index (χ0n) is 18.3. The minimum absolute atomic E-state index is 0.158. The molecule has 0 radical (unpaired) electrons. The van der Waals surface area contributed by atoms with E-state index in [9.17, 15) is 14.4 Å². The zero-order valence-corrected chi connectivity index (χ0v) is 18.3. The molecular formula is C24H24N2O6. The van der Waals surface area contributed by atoms with Crippen LogP contribution in [0.15, 0.2) is 62.1 Å². The molecule has 0 aliphatic carbocycles. The van der Waals surface area contributed by atoms with Crippen LogP contribution in [0.25, 0.3) is 22.0 Å². The molecule has 0 amide bonds. The Bertz CT molecular complexity index is 1320. The number of dihydropyridines is 1. The van der Waals surface area contributed by atoms with E-state index in [4.69, 9.17) is 13.9 Å². The maximum absolute atomic E-state index is 13.0. The fraction of sp³-hybridized carbons (Fsp3) is 0.292. The molecule has 166 valence electrons. The van der Waals surface area contributed by atoms with Gasteiger partial charge in [-0.2, -0.15) is 0 Å². The highest BCUT2D eigenvalue weighted by atomic mass is 16.5. The Morgan fingerprint density at radius 1 is 1.00 bits per heavy atom. The summed E-state index contributed by atoms with van der Waals surface area (Å²) >= 11 is 0. The van der Waals surface area contributed by atoms with Crippen molar-refractivity contribution in [2.75, 3.05) is 13.2 Å². The molecule has 2 N–H and O–H groups in total. The number of fused-ring (bicyclic) bond motifs is 3. The molecule has 0 bridgehead atoms. The summed E-state index contributed by atoms with van der Waals surface area (Å²) in [6, 6.07) is 8.69. The lowest BCUT2D eigenvalue weighted by Gasteiger charge is -2.29. The molecule has 3 heterocycles. The number of aromatic amines is 1.